The Labute approximate surface area is 131 Å². The van der Waals surface area contributed by atoms with Crippen molar-refractivity contribution < 1.29 is 13.9 Å². The van der Waals surface area contributed by atoms with E-state index in [4.69, 9.17) is 0 Å². The van der Waals surface area contributed by atoms with Crippen molar-refractivity contribution in [1.29, 1.82) is 0 Å². The van der Waals surface area contributed by atoms with E-state index >= 15 is 0 Å². The van der Waals surface area contributed by atoms with Gasteiger partial charge in [0.1, 0.15) is 11.6 Å². The SMILES string of the molecule is CN(C)c1ccc(C(O)Cc2c(F)ccc(Br)c2F)cc1. The Balaban J connectivity index is 2.22. The van der Waals surface area contributed by atoms with Gasteiger partial charge in [0, 0.05) is 31.8 Å². The van der Waals surface area contributed by atoms with Crippen molar-refractivity contribution >= 4 is 21.6 Å². The van der Waals surface area contributed by atoms with Crippen LogP contribution in [0.2, 0.25) is 0 Å². The van der Waals surface area contributed by atoms with Crippen molar-refractivity contribution in [3.8, 4) is 0 Å². The molecule has 1 N–H and O–H groups in total. The van der Waals surface area contributed by atoms with E-state index in [1.165, 1.54) is 12.1 Å². The molecular formula is C16H16BrF2NO. The van der Waals surface area contributed by atoms with Gasteiger partial charge in [0.05, 0.1) is 10.6 Å². The average Bonchev–Trinajstić information content (AvgIpc) is 2.47. The molecule has 0 aromatic heterocycles. The van der Waals surface area contributed by atoms with E-state index in [1.54, 1.807) is 12.1 Å². The third-order valence-electron chi connectivity index (χ3n) is 3.33. The van der Waals surface area contributed by atoms with Gasteiger partial charge in [-0.25, -0.2) is 8.78 Å². The Morgan fingerprint density at radius 3 is 2.29 bits per heavy atom. The molecule has 0 saturated heterocycles. The lowest BCUT2D eigenvalue weighted by atomic mass is 10.0. The van der Waals surface area contributed by atoms with Gasteiger partial charge in [-0.15, -0.1) is 0 Å². The molecule has 0 fully saturated rings. The Bertz CT molecular complexity index is 629. The molecule has 0 heterocycles. The molecule has 0 aliphatic carbocycles. The van der Waals surface area contributed by atoms with Gasteiger partial charge in [0.15, 0.2) is 0 Å². The summed E-state index contributed by atoms with van der Waals surface area (Å²) < 4.78 is 27.8. The molecule has 21 heavy (non-hydrogen) atoms. The highest BCUT2D eigenvalue weighted by atomic mass is 79.9. The zero-order valence-electron chi connectivity index (χ0n) is 11.8. The molecule has 0 radical (unpaired) electrons. The van der Waals surface area contributed by atoms with E-state index in [0.717, 1.165) is 5.69 Å². The monoisotopic (exact) mass is 355 g/mol. The summed E-state index contributed by atoms with van der Waals surface area (Å²) in [5.74, 6) is -1.32. The van der Waals surface area contributed by atoms with Gasteiger partial charge in [0.2, 0.25) is 0 Å². The summed E-state index contributed by atoms with van der Waals surface area (Å²) in [6.45, 7) is 0. The van der Waals surface area contributed by atoms with Gasteiger partial charge in [-0.2, -0.15) is 0 Å². The van der Waals surface area contributed by atoms with Gasteiger partial charge in [-0.3, -0.25) is 0 Å². The minimum atomic E-state index is -0.959. The van der Waals surface area contributed by atoms with Crippen LogP contribution in [0.25, 0.3) is 0 Å². The average molecular weight is 356 g/mol. The maximum Gasteiger partial charge on any atom is 0.143 e. The highest BCUT2D eigenvalue weighted by molar-refractivity contribution is 9.10. The normalized spacial score (nSPS) is 12.3. The molecule has 5 heteroatoms. The summed E-state index contributed by atoms with van der Waals surface area (Å²) in [6.07, 6.45) is -1.07. The maximum atomic E-state index is 13.9. The van der Waals surface area contributed by atoms with Gasteiger partial charge in [-0.05, 0) is 45.8 Å². The zero-order valence-corrected chi connectivity index (χ0v) is 13.4. The van der Waals surface area contributed by atoms with Gasteiger partial charge < -0.3 is 10.0 Å². The van der Waals surface area contributed by atoms with Crippen LogP contribution in [0.1, 0.15) is 17.2 Å². The number of hydrogen-bond acceptors (Lipinski definition) is 2. The lowest BCUT2D eigenvalue weighted by Gasteiger charge is -2.16. The van der Waals surface area contributed by atoms with Gasteiger partial charge >= 0.3 is 0 Å². The summed E-state index contributed by atoms with van der Waals surface area (Å²) in [7, 11) is 3.83. The number of rotatable bonds is 4. The maximum absolute atomic E-state index is 13.9. The summed E-state index contributed by atoms with van der Waals surface area (Å²) in [4.78, 5) is 1.93. The number of benzene rings is 2. The molecule has 1 unspecified atom stereocenters. The third kappa shape index (κ3) is 3.60. The second kappa shape index (κ2) is 6.54. The fraction of sp³-hybridized carbons (Fsp3) is 0.250. The summed E-state index contributed by atoms with van der Waals surface area (Å²) >= 11 is 3.02. The van der Waals surface area contributed by atoms with Crippen molar-refractivity contribution in [2.24, 2.45) is 0 Å². The van der Waals surface area contributed by atoms with E-state index < -0.39 is 17.7 Å². The molecule has 0 bridgehead atoms. The van der Waals surface area contributed by atoms with Crippen LogP contribution < -0.4 is 4.90 Å². The van der Waals surface area contributed by atoms with Crippen LogP contribution >= 0.6 is 15.9 Å². The lowest BCUT2D eigenvalue weighted by Crippen LogP contribution is -2.09. The van der Waals surface area contributed by atoms with E-state index in [2.05, 4.69) is 15.9 Å². The molecule has 0 amide bonds. The standard InChI is InChI=1S/C16H16BrF2NO/c1-20(2)11-5-3-10(4-6-11)15(21)9-12-14(18)8-7-13(17)16(12)19/h3-8,15,21H,9H2,1-2H3. The minimum absolute atomic E-state index is 0.113. The quantitative estimate of drug-likeness (QED) is 0.835. The molecule has 112 valence electrons. The molecule has 1 atom stereocenters. The lowest BCUT2D eigenvalue weighted by molar-refractivity contribution is 0.175. The fourth-order valence-electron chi connectivity index (χ4n) is 2.06. The van der Waals surface area contributed by atoms with Crippen LogP contribution in [0.4, 0.5) is 14.5 Å². The Morgan fingerprint density at radius 1 is 1.10 bits per heavy atom. The minimum Gasteiger partial charge on any atom is -0.388 e. The van der Waals surface area contributed by atoms with Crippen molar-refractivity contribution in [2.45, 2.75) is 12.5 Å². The van der Waals surface area contributed by atoms with Crippen LogP contribution in [-0.4, -0.2) is 19.2 Å². The smallest absolute Gasteiger partial charge is 0.143 e. The third-order valence-corrected chi connectivity index (χ3v) is 3.94. The van der Waals surface area contributed by atoms with E-state index in [0.29, 0.717) is 5.56 Å². The Hall–Kier alpha value is -1.46. The van der Waals surface area contributed by atoms with E-state index in [9.17, 15) is 13.9 Å². The first-order valence-corrected chi connectivity index (χ1v) is 7.27. The van der Waals surface area contributed by atoms with Crippen LogP contribution in [0.15, 0.2) is 40.9 Å². The summed E-state index contributed by atoms with van der Waals surface area (Å²) in [6, 6.07) is 9.72. The molecule has 2 aromatic carbocycles. The van der Waals surface area contributed by atoms with Crippen LogP contribution in [0.5, 0.6) is 0 Å². The molecule has 0 aliphatic rings. The first-order chi connectivity index (χ1) is 9.90. The Kier molecular flexibility index (Phi) is 4.96. The second-order valence-electron chi connectivity index (χ2n) is 5.03. The van der Waals surface area contributed by atoms with Crippen molar-refractivity contribution in [3.63, 3.8) is 0 Å². The van der Waals surface area contributed by atoms with Crippen molar-refractivity contribution in [2.75, 3.05) is 19.0 Å². The molecule has 0 spiro atoms. The highest BCUT2D eigenvalue weighted by Gasteiger charge is 2.17. The molecular weight excluding hydrogens is 340 g/mol. The molecule has 0 aliphatic heterocycles. The molecule has 2 rings (SSSR count). The molecule has 0 saturated carbocycles. The van der Waals surface area contributed by atoms with Gasteiger partial charge in [-0.1, -0.05) is 12.1 Å². The number of hydrogen-bond donors (Lipinski definition) is 1. The Morgan fingerprint density at radius 2 is 1.71 bits per heavy atom. The van der Waals surface area contributed by atoms with Crippen LogP contribution in [0.3, 0.4) is 0 Å². The van der Waals surface area contributed by atoms with Gasteiger partial charge in [0.25, 0.3) is 0 Å². The van der Waals surface area contributed by atoms with E-state index in [1.807, 2.05) is 31.1 Å². The highest BCUT2D eigenvalue weighted by Crippen LogP contribution is 2.27. The molecule has 2 nitrogen and oxygen atoms in total. The second-order valence-corrected chi connectivity index (χ2v) is 5.88. The number of nitrogens with zero attached hydrogens (tertiary/aromatic N) is 1. The number of halogens is 3. The first kappa shape index (κ1) is 15.9. The van der Waals surface area contributed by atoms with Crippen molar-refractivity contribution in [3.05, 3.63) is 63.6 Å². The largest absolute Gasteiger partial charge is 0.388 e. The topological polar surface area (TPSA) is 23.5 Å². The molecule has 2 aromatic rings. The predicted octanol–water partition coefficient (Wildman–Crippen LogP) is 4.07. The van der Waals surface area contributed by atoms with Crippen LogP contribution in [0, 0.1) is 11.6 Å². The zero-order chi connectivity index (χ0) is 15.6. The summed E-state index contributed by atoms with van der Waals surface area (Å²) in [5.41, 5.74) is 1.50. The van der Waals surface area contributed by atoms with E-state index in [-0.39, 0.29) is 16.5 Å². The number of aliphatic hydroxyl groups is 1. The van der Waals surface area contributed by atoms with Crippen molar-refractivity contribution in [1.82, 2.24) is 0 Å². The number of aliphatic hydroxyl groups excluding tert-OH is 1. The summed E-state index contributed by atoms with van der Waals surface area (Å²) in [5, 5.41) is 10.2. The fourth-order valence-corrected chi connectivity index (χ4v) is 2.43. The predicted molar refractivity (Wildman–Crippen MR) is 83.5 cm³/mol. The van der Waals surface area contributed by atoms with Crippen LogP contribution in [-0.2, 0) is 6.42 Å². The first-order valence-electron chi connectivity index (χ1n) is 6.48. The number of anilines is 1.